The van der Waals surface area contributed by atoms with E-state index in [2.05, 4.69) is 15.5 Å². The molecule has 2 atom stereocenters. The van der Waals surface area contributed by atoms with Crippen LogP contribution in [0.25, 0.3) is 0 Å². The number of ether oxygens (including phenoxy) is 1. The van der Waals surface area contributed by atoms with Crippen molar-refractivity contribution in [2.75, 3.05) is 6.61 Å². The normalized spacial score (nSPS) is 17.0. The van der Waals surface area contributed by atoms with Crippen LogP contribution >= 0.6 is 11.3 Å². The van der Waals surface area contributed by atoms with Gasteiger partial charge in [0, 0.05) is 6.04 Å². The quantitative estimate of drug-likeness (QED) is 0.824. The van der Waals surface area contributed by atoms with Crippen molar-refractivity contribution in [2.24, 2.45) is 5.92 Å². The zero-order chi connectivity index (χ0) is 16.4. The van der Waals surface area contributed by atoms with E-state index < -0.39 is 0 Å². The van der Waals surface area contributed by atoms with Gasteiger partial charge in [-0.1, -0.05) is 6.07 Å². The van der Waals surface area contributed by atoms with Crippen LogP contribution in [0.3, 0.4) is 0 Å². The number of aromatic nitrogens is 2. The second kappa shape index (κ2) is 6.93. The number of benzene rings is 1. The molecule has 0 saturated heterocycles. The molecule has 2 aromatic rings. The Kier molecular flexibility index (Phi) is 4.92. The molecule has 3 rings (SSSR count). The van der Waals surface area contributed by atoms with E-state index in [1.165, 1.54) is 12.8 Å². The molecule has 4 nitrogen and oxygen atoms in total. The van der Waals surface area contributed by atoms with Crippen LogP contribution in [0.1, 0.15) is 54.4 Å². The molecule has 0 amide bonds. The van der Waals surface area contributed by atoms with Gasteiger partial charge in [-0.25, -0.2) is 4.39 Å². The summed E-state index contributed by atoms with van der Waals surface area (Å²) in [5.74, 6) is 0.669. The zero-order valence-corrected chi connectivity index (χ0v) is 14.5. The molecular formula is C17H22FN3OS. The minimum atomic E-state index is -0.295. The molecule has 0 aliphatic heterocycles. The molecule has 0 spiro atoms. The van der Waals surface area contributed by atoms with Crippen molar-refractivity contribution in [2.45, 2.75) is 45.7 Å². The molecule has 1 heterocycles. The molecule has 0 bridgehead atoms. The number of nitrogens with one attached hydrogen (secondary N) is 1. The summed E-state index contributed by atoms with van der Waals surface area (Å²) >= 11 is 1.57. The summed E-state index contributed by atoms with van der Waals surface area (Å²) in [5, 5.41) is 13.5. The van der Waals surface area contributed by atoms with E-state index in [0.29, 0.717) is 18.3 Å². The average Bonchev–Trinajstić information content (AvgIpc) is 3.25. The lowest BCUT2D eigenvalue weighted by molar-refractivity contribution is 0.285. The highest BCUT2D eigenvalue weighted by molar-refractivity contribution is 7.11. The topological polar surface area (TPSA) is 47.0 Å². The Morgan fingerprint density at radius 3 is 2.70 bits per heavy atom. The predicted octanol–water partition coefficient (Wildman–Crippen LogP) is 4.19. The maximum atomic E-state index is 14.2. The Balaban J connectivity index is 1.61. The number of hydrogen-bond acceptors (Lipinski definition) is 5. The number of nitrogens with zero attached hydrogens (tertiary/aromatic N) is 2. The molecule has 6 heteroatoms. The summed E-state index contributed by atoms with van der Waals surface area (Å²) < 4.78 is 19.7. The van der Waals surface area contributed by atoms with Crippen LogP contribution < -0.4 is 10.1 Å². The number of hydrogen-bond donors (Lipinski definition) is 1. The molecule has 1 saturated carbocycles. The summed E-state index contributed by atoms with van der Waals surface area (Å²) in [6.07, 6.45) is 2.40. The molecule has 1 aromatic carbocycles. The zero-order valence-electron chi connectivity index (χ0n) is 13.7. The molecule has 0 unspecified atom stereocenters. The SMILES string of the molecule is Cc1nnc([C@H](C)N[C@@H](C)c2ccc(OCC3CC3)c(F)c2)s1. The van der Waals surface area contributed by atoms with Crippen molar-refractivity contribution < 1.29 is 9.13 Å². The van der Waals surface area contributed by atoms with Crippen LogP contribution in [0.2, 0.25) is 0 Å². The van der Waals surface area contributed by atoms with E-state index in [0.717, 1.165) is 15.6 Å². The molecule has 1 aliphatic rings. The summed E-state index contributed by atoms with van der Waals surface area (Å²) in [4.78, 5) is 0. The molecular weight excluding hydrogens is 313 g/mol. The smallest absolute Gasteiger partial charge is 0.165 e. The van der Waals surface area contributed by atoms with Gasteiger partial charge in [0.25, 0.3) is 0 Å². The lowest BCUT2D eigenvalue weighted by Crippen LogP contribution is -2.22. The molecule has 23 heavy (non-hydrogen) atoms. The van der Waals surface area contributed by atoms with Gasteiger partial charge in [0.05, 0.1) is 12.6 Å². The third-order valence-corrected chi connectivity index (χ3v) is 5.06. The van der Waals surface area contributed by atoms with E-state index in [1.54, 1.807) is 23.5 Å². The third kappa shape index (κ3) is 4.26. The molecule has 1 aromatic heterocycles. The Bertz CT molecular complexity index is 672. The Hall–Kier alpha value is -1.53. The highest BCUT2D eigenvalue weighted by Gasteiger charge is 2.22. The minimum absolute atomic E-state index is 0.0150. The van der Waals surface area contributed by atoms with E-state index in [-0.39, 0.29) is 17.9 Å². The van der Waals surface area contributed by atoms with Crippen LogP contribution in [0.15, 0.2) is 18.2 Å². The second-order valence-corrected chi connectivity index (χ2v) is 7.43. The van der Waals surface area contributed by atoms with Gasteiger partial charge in [-0.05, 0) is 57.2 Å². The van der Waals surface area contributed by atoms with E-state index in [1.807, 2.05) is 26.8 Å². The van der Waals surface area contributed by atoms with Gasteiger partial charge in [-0.2, -0.15) is 0 Å². The fourth-order valence-corrected chi connectivity index (χ4v) is 3.14. The first-order chi connectivity index (χ1) is 11.0. The van der Waals surface area contributed by atoms with E-state index >= 15 is 0 Å². The van der Waals surface area contributed by atoms with Crippen LogP contribution in [0.4, 0.5) is 4.39 Å². The van der Waals surface area contributed by atoms with Gasteiger partial charge >= 0.3 is 0 Å². The van der Waals surface area contributed by atoms with Gasteiger partial charge in [-0.3, -0.25) is 0 Å². The average molecular weight is 335 g/mol. The minimum Gasteiger partial charge on any atom is -0.490 e. The van der Waals surface area contributed by atoms with Crippen molar-refractivity contribution in [1.29, 1.82) is 0 Å². The number of aryl methyl sites for hydroxylation is 1. The van der Waals surface area contributed by atoms with E-state index in [4.69, 9.17) is 4.74 Å². The largest absolute Gasteiger partial charge is 0.490 e. The lowest BCUT2D eigenvalue weighted by Gasteiger charge is -2.19. The standard InChI is InChI=1S/C17H22FN3OS/c1-10(19-11(2)17-21-20-12(3)23-17)14-6-7-16(15(18)8-14)22-9-13-4-5-13/h6-8,10-11,13,19H,4-5,9H2,1-3H3/t10-,11-/m0/s1. The van der Waals surface area contributed by atoms with Gasteiger partial charge in [-0.15, -0.1) is 21.5 Å². The number of rotatable bonds is 7. The van der Waals surface area contributed by atoms with E-state index in [9.17, 15) is 4.39 Å². The van der Waals surface area contributed by atoms with Crippen molar-refractivity contribution in [1.82, 2.24) is 15.5 Å². The first kappa shape index (κ1) is 16.3. The Morgan fingerprint density at radius 2 is 2.09 bits per heavy atom. The maximum Gasteiger partial charge on any atom is 0.165 e. The van der Waals surface area contributed by atoms with Crippen molar-refractivity contribution >= 4 is 11.3 Å². The maximum absolute atomic E-state index is 14.2. The molecule has 124 valence electrons. The monoisotopic (exact) mass is 335 g/mol. The molecule has 1 fully saturated rings. The summed E-state index contributed by atoms with van der Waals surface area (Å²) in [5.41, 5.74) is 0.898. The van der Waals surface area contributed by atoms with Crippen molar-refractivity contribution in [3.8, 4) is 5.75 Å². The first-order valence-corrected chi connectivity index (χ1v) is 8.83. The molecule has 0 radical (unpaired) electrons. The highest BCUT2D eigenvalue weighted by Crippen LogP contribution is 2.31. The van der Waals surface area contributed by atoms with Gasteiger partial charge in [0.1, 0.15) is 10.0 Å². The fourth-order valence-electron chi connectivity index (χ4n) is 2.42. The molecule has 1 aliphatic carbocycles. The van der Waals surface area contributed by atoms with Crippen molar-refractivity contribution in [3.63, 3.8) is 0 Å². The predicted molar refractivity (Wildman–Crippen MR) is 89.2 cm³/mol. The van der Waals surface area contributed by atoms with Gasteiger partial charge in [0.15, 0.2) is 11.6 Å². The van der Waals surface area contributed by atoms with Gasteiger partial charge in [0.2, 0.25) is 0 Å². The first-order valence-electron chi connectivity index (χ1n) is 8.01. The Morgan fingerprint density at radius 1 is 1.30 bits per heavy atom. The fraction of sp³-hybridized carbons (Fsp3) is 0.529. The summed E-state index contributed by atoms with van der Waals surface area (Å²) in [6.45, 7) is 6.62. The number of halogens is 1. The second-order valence-electron chi connectivity index (χ2n) is 6.21. The van der Waals surface area contributed by atoms with Crippen molar-refractivity contribution in [3.05, 3.63) is 39.6 Å². The summed E-state index contributed by atoms with van der Waals surface area (Å²) in [6, 6.07) is 5.29. The van der Waals surface area contributed by atoms with Crippen LogP contribution in [-0.4, -0.2) is 16.8 Å². The van der Waals surface area contributed by atoms with Crippen LogP contribution in [0.5, 0.6) is 5.75 Å². The highest BCUT2D eigenvalue weighted by atomic mass is 32.1. The summed E-state index contributed by atoms with van der Waals surface area (Å²) in [7, 11) is 0. The Labute approximate surface area is 140 Å². The van der Waals surface area contributed by atoms with Gasteiger partial charge < -0.3 is 10.1 Å². The third-order valence-electron chi connectivity index (χ3n) is 4.04. The van der Waals surface area contributed by atoms with Crippen LogP contribution in [-0.2, 0) is 0 Å². The lowest BCUT2D eigenvalue weighted by atomic mass is 10.1. The molecule has 1 N–H and O–H groups in total. The van der Waals surface area contributed by atoms with Crippen LogP contribution in [0, 0.1) is 18.7 Å².